The third-order valence-electron chi connectivity index (χ3n) is 1.45. The van der Waals surface area contributed by atoms with Crippen LogP contribution in [0.3, 0.4) is 0 Å². The fraction of sp³-hybridized carbons (Fsp3) is 0.125. The number of benzene rings is 1. The second-order valence-electron chi connectivity index (χ2n) is 2.50. The molecule has 5 heteroatoms. The van der Waals surface area contributed by atoms with Crippen molar-refractivity contribution >= 4 is 33.3 Å². The van der Waals surface area contributed by atoms with Crippen LogP contribution in [-0.4, -0.2) is 16.0 Å². The van der Waals surface area contributed by atoms with E-state index in [4.69, 9.17) is 0 Å². The van der Waals surface area contributed by atoms with Crippen molar-refractivity contribution in [3.63, 3.8) is 0 Å². The fourth-order valence-electron chi connectivity index (χ4n) is 0.826. The first-order chi connectivity index (χ1) is 6.04. The van der Waals surface area contributed by atoms with Crippen LogP contribution in [0.5, 0.6) is 0 Å². The number of isothiocyanates is 1. The SMILES string of the molecule is C[S+](=O)(O)c1ccc(N=C=S)cc1. The molecule has 1 aromatic carbocycles. The fourth-order valence-corrected chi connectivity index (χ4v) is 1.57. The molecule has 68 valence electrons. The first-order valence-corrected chi connectivity index (χ1v) is 5.77. The highest BCUT2D eigenvalue weighted by molar-refractivity contribution is 7.97. The quantitative estimate of drug-likeness (QED) is 0.467. The van der Waals surface area contributed by atoms with Gasteiger partial charge in [-0.1, -0.05) is 4.21 Å². The first-order valence-electron chi connectivity index (χ1n) is 3.43. The molecule has 1 unspecified atom stereocenters. The van der Waals surface area contributed by atoms with Gasteiger partial charge in [-0.3, -0.25) is 0 Å². The Morgan fingerprint density at radius 2 is 2.00 bits per heavy atom. The Labute approximate surface area is 82.8 Å². The van der Waals surface area contributed by atoms with Gasteiger partial charge in [0.25, 0.3) is 0 Å². The average Bonchev–Trinajstić information content (AvgIpc) is 2.04. The predicted molar refractivity (Wildman–Crippen MR) is 56.0 cm³/mol. The second kappa shape index (κ2) is 3.89. The zero-order valence-electron chi connectivity index (χ0n) is 6.93. The summed E-state index contributed by atoms with van der Waals surface area (Å²) in [5.74, 6) is 0. The lowest BCUT2D eigenvalue weighted by atomic mass is 10.3. The molecule has 1 rings (SSSR count). The molecular formula is C8H8NO2S2+. The first kappa shape index (κ1) is 10.2. The summed E-state index contributed by atoms with van der Waals surface area (Å²) in [6.45, 7) is 0. The zero-order valence-corrected chi connectivity index (χ0v) is 8.56. The second-order valence-corrected chi connectivity index (χ2v) is 4.76. The summed E-state index contributed by atoms with van der Waals surface area (Å²) in [5, 5.41) is 2.22. The smallest absolute Gasteiger partial charge is 0.195 e. The van der Waals surface area contributed by atoms with Crippen LogP contribution < -0.4 is 0 Å². The maximum absolute atomic E-state index is 11.1. The summed E-state index contributed by atoms with van der Waals surface area (Å²) >= 11 is 4.42. The van der Waals surface area contributed by atoms with Gasteiger partial charge in [0.15, 0.2) is 4.90 Å². The number of hydrogen-bond donors (Lipinski definition) is 1. The van der Waals surface area contributed by atoms with Crippen molar-refractivity contribution in [2.75, 3.05) is 6.26 Å². The molecule has 0 aliphatic carbocycles. The highest BCUT2D eigenvalue weighted by Gasteiger charge is 2.20. The minimum absolute atomic E-state index is 0.385. The standard InChI is InChI=1S/C8H7NO2S2/c1-13(10,11)8-4-2-7(3-5-8)9-6-12/h2-5H,1H3/p+1. The van der Waals surface area contributed by atoms with Crippen LogP contribution in [0.4, 0.5) is 5.69 Å². The largest absolute Gasteiger partial charge is 0.244 e. The van der Waals surface area contributed by atoms with Crippen molar-refractivity contribution < 1.29 is 8.76 Å². The monoisotopic (exact) mass is 214 g/mol. The molecule has 0 spiro atoms. The lowest BCUT2D eigenvalue weighted by Crippen LogP contribution is -2.05. The van der Waals surface area contributed by atoms with E-state index >= 15 is 0 Å². The minimum atomic E-state index is -2.87. The highest BCUT2D eigenvalue weighted by atomic mass is 32.3. The highest BCUT2D eigenvalue weighted by Crippen LogP contribution is 2.18. The molecule has 3 nitrogen and oxygen atoms in total. The van der Waals surface area contributed by atoms with Crippen LogP contribution in [0.2, 0.25) is 0 Å². The van der Waals surface area contributed by atoms with Crippen LogP contribution in [0, 0.1) is 0 Å². The van der Waals surface area contributed by atoms with Crippen LogP contribution in [0.15, 0.2) is 34.2 Å². The molecule has 13 heavy (non-hydrogen) atoms. The summed E-state index contributed by atoms with van der Waals surface area (Å²) in [5.41, 5.74) is 0.627. The van der Waals surface area contributed by atoms with Crippen molar-refractivity contribution in [1.29, 1.82) is 0 Å². The van der Waals surface area contributed by atoms with E-state index in [2.05, 4.69) is 22.4 Å². The Morgan fingerprint density at radius 3 is 2.38 bits per heavy atom. The van der Waals surface area contributed by atoms with Gasteiger partial charge in [0.1, 0.15) is 6.26 Å². The van der Waals surface area contributed by atoms with E-state index in [1.54, 1.807) is 24.3 Å². The van der Waals surface area contributed by atoms with Gasteiger partial charge < -0.3 is 0 Å². The van der Waals surface area contributed by atoms with Gasteiger partial charge in [0, 0.05) is 0 Å². The van der Waals surface area contributed by atoms with Gasteiger partial charge in [0.05, 0.1) is 10.8 Å². The van der Waals surface area contributed by atoms with Gasteiger partial charge in [-0.25, -0.2) is 0 Å². The summed E-state index contributed by atoms with van der Waals surface area (Å²) in [4.78, 5) is 4.11. The van der Waals surface area contributed by atoms with Crippen molar-refractivity contribution in [3.8, 4) is 0 Å². The number of nitrogens with zero attached hydrogens (tertiary/aromatic N) is 1. The molecular weight excluding hydrogens is 206 g/mol. The van der Waals surface area contributed by atoms with E-state index in [-0.39, 0.29) is 0 Å². The molecule has 0 saturated heterocycles. The number of aliphatic imine (C=N–C) groups is 1. The molecule has 0 aliphatic rings. The Balaban J connectivity index is 3.07. The molecule has 0 aromatic heterocycles. The maximum Gasteiger partial charge on any atom is 0.244 e. The van der Waals surface area contributed by atoms with Crippen LogP contribution in [0.1, 0.15) is 0 Å². The van der Waals surface area contributed by atoms with E-state index in [1.807, 2.05) is 0 Å². The predicted octanol–water partition coefficient (Wildman–Crippen LogP) is 2.38. The van der Waals surface area contributed by atoms with Crippen LogP contribution >= 0.6 is 12.2 Å². The molecule has 0 fully saturated rings. The van der Waals surface area contributed by atoms with Crippen molar-refractivity contribution in [3.05, 3.63) is 24.3 Å². The third kappa shape index (κ3) is 2.82. The molecule has 1 N–H and O–H groups in total. The summed E-state index contributed by atoms with van der Waals surface area (Å²) in [6.07, 6.45) is 1.27. The number of hydrogen-bond acceptors (Lipinski definition) is 3. The Bertz CT molecular complexity index is 387. The number of thiocarbonyl (C=S) groups is 1. The van der Waals surface area contributed by atoms with Gasteiger partial charge in [0.2, 0.25) is 10.2 Å². The number of rotatable bonds is 2. The van der Waals surface area contributed by atoms with E-state index in [0.29, 0.717) is 10.6 Å². The molecule has 0 bridgehead atoms. The molecule has 0 heterocycles. The summed E-state index contributed by atoms with van der Waals surface area (Å²) in [7, 11) is -2.87. The molecule has 1 atom stereocenters. The van der Waals surface area contributed by atoms with E-state index in [0.717, 1.165) is 0 Å². The zero-order chi connectivity index (χ0) is 9.90. The Morgan fingerprint density at radius 1 is 1.46 bits per heavy atom. The Kier molecular flexibility index (Phi) is 3.06. The van der Waals surface area contributed by atoms with Gasteiger partial charge >= 0.3 is 0 Å². The average molecular weight is 214 g/mol. The lowest BCUT2D eigenvalue weighted by molar-refractivity contribution is 0.503. The van der Waals surface area contributed by atoms with E-state index < -0.39 is 10.2 Å². The molecule has 0 aliphatic heterocycles. The normalized spacial score (nSPS) is 14.3. The van der Waals surface area contributed by atoms with Crippen LogP contribution in [0.25, 0.3) is 0 Å². The van der Waals surface area contributed by atoms with E-state index in [1.165, 1.54) is 6.26 Å². The van der Waals surface area contributed by atoms with Gasteiger partial charge in [-0.05, 0) is 36.5 Å². The van der Waals surface area contributed by atoms with Gasteiger partial charge in [-0.15, -0.1) is 0 Å². The molecule has 0 radical (unpaired) electrons. The van der Waals surface area contributed by atoms with Crippen molar-refractivity contribution in [2.24, 2.45) is 4.99 Å². The summed E-state index contributed by atoms with van der Waals surface area (Å²) in [6, 6.07) is 6.34. The topological polar surface area (TPSA) is 49.7 Å². The van der Waals surface area contributed by atoms with Gasteiger partial charge in [-0.2, -0.15) is 9.55 Å². The third-order valence-corrected chi connectivity index (χ3v) is 2.69. The lowest BCUT2D eigenvalue weighted by Gasteiger charge is -1.96. The maximum atomic E-state index is 11.1. The van der Waals surface area contributed by atoms with Crippen molar-refractivity contribution in [2.45, 2.75) is 4.90 Å². The van der Waals surface area contributed by atoms with Crippen molar-refractivity contribution in [1.82, 2.24) is 0 Å². The Hall–Kier alpha value is -0.870. The molecule has 1 aromatic rings. The molecule has 0 amide bonds. The molecule has 0 saturated carbocycles. The van der Waals surface area contributed by atoms with Crippen LogP contribution in [-0.2, 0) is 14.4 Å². The summed E-state index contributed by atoms with van der Waals surface area (Å²) < 4.78 is 20.3. The minimum Gasteiger partial charge on any atom is -0.195 e. The van der Waals surface area contributed by atoms with E-state index in [9.17, 15) is 8.76 Å².